The fraction of sp³-hybridized carbons (Fsp3) is 0.222. The van der Waals surface area contributed by atoms with Gasteiger partial charge in [0.25, 0.3) is 11.8 Å². The molecular weight excluding hydrogens is 412 g/mol. The number of nitrogens with one attached hydrogen (secondary N) is 1. The van der Waals surface area contributed by atoms with E-state index in [4.69, 9.17) is 11.0 Å². The number of hydrogen-bond acceptors (Lipinski definition) is 4. The third-order valence-corrected chi connectivity index (χ3v) is 5.34. The van der Waals surface area contributed by atoms with E-state index in [9.17, 15) is 9.59 Å². The van der Waals surface area contributed by atoms with Crippen molar-refractivity contribution < 1.29 is 9.59 Å². The number of nitrogens with zero attached hydrogens (tertiary/aromatic N) is 2. The molecule has 0 heterocycles. The van der Waals surface area contributed by atoms with Crippen LogP contribution in [0.2, 0.25) is 0 Å². The van der Waals surface area contributed by atoms with Crippen LogP contribution >= 0.6 is 0 Å². The van der Waals surface area contributed by atoms with Crippen LogP contribution < -0.4 is 11.1 Å². The predicted molar refractivity (Wildman–Crippen MR) is 130 cm³/mol. The third-order valence-electron chi connectivity index (χ3n) is 5.34. The van der Waals surface area contributed by atoms with Crippen molar-refractivity contribution in [3.05, 3.63) is 101 Å². The van der Waals surface area contributed by atoms with Crippen LogP contribution in [0.5, 0.6) is 0 Å². The number of nitrogens with two attached hydrogens (primary N) is 1. The van der Waals surface area contributed by atoms with Gasteiger partial charge in [0.15, 0.2) is 0 Å². The molecule has 0 aromatic heterocycles. The Kier molecular flexibility index (Phi) is 7.60. The van der Waals surface area contributed by atoms with Crippen LogP contribution in [0, 0.1) is 16.7 Å². The van der Waals surface area contributed by atoms with E-state index in [0.29, 0.717) is 42.0 Å². The molecular formula is C27H28N4O2. The van der Waals surface area contributed by atoms with Crippen molar-refractivity contribution in [2.45, 2.75) is 20.4 Å². The van der Waals surface area contributed by atoms with Crippen molar-refractivity contribution in [2.75, 3.05) is 18.4 Å². The Balaban J connectivity index is 1.75. The molecule has 3 rings (SSSR count). The van der Waals surface area contributed by atoms with Gasteiger partial charge in [-0.2, -0.15) is 5.26 Å². The molecule has 2 amide bonds. The second kappa shape index (κ2) is 10.6. The summed E-state index contributed by atoms with van der Waals surface area (Å²) in [4.78, 5) is 27.4. The first kappa shape index (κ1) is 23.7. The number of hydrogen-bond donors (Lipinski definition) is 2. The summed E-state index contributed by atoms with van der Waals surface area (Å²) in [5.74, 6) is -0.298. The zero-order chi connectivity index (χ0) is 23.8. The normalized spacial score (nSPS) is 10.8. The number of rotatable bonds is 8. The minimum Gasteiger partial charge on any atom is -0.334 e. The summed E-state index contributed by atoms with van der Waals surface area (Å²) in [6.45, 7) is 5.36. The lowest BCUT2D eigenvalue weighted by atomic mass is 9.92. The van der Waals surface area contributed by atoms with Crippen molar-refractivity contribution >= 4 is 17.5 Å². The maximum absolute atomic E-state index is 13.3. The molecule has 0 spiro atoms. The van der Waals surface area contributed by atoms with E-state index >= 15 is 0 Å². The van der Waals surface area contributed by atoms with Gasteiger partial charge in [-0.25, -0.2) is 0 Å². The van der Waals surface area contributed by atoms with Gasteiger partial charge in [-0.1, -0.05) is 44.2 Å². The van der Waals surface area contributed by atoms with Crippen LogP contribution in [0.3, 0.4) is 0 Å². The van der Waals surface area contributed by atoms with Crippen LogP contribution in [0.4, 0.5) is 5.69 Å². The summed E-state index contributed by atoms with van der Waals surface area (Å²) in [6, 6.07) is 25.2. The minimum absolute atomic E-state index is 0.123. The number of carbonyl (C=O) groups is 2. The van der Waals surface area contributed by atoms with Crippen molar-refractivity contribution in [3.8, 4) is 6.07 Å². The second-order valence-corrected chi connectivity index (χ2v) is 8.74. The van der Waals surface area contributed by atoms with Gasteiger partial charge >= 0.3 is 0 Å². The molecule has 168 valence electrons. The summed E-state index contributed by atoms with van der Waals surface area (Å²) in [5.41, 5.74) is 8.90. The second-order valence-electron chi connectivity index (χ2n) is 8.74. The van der Waals surface area contributed by atoms with Crippen molar-refractivity contribution in [2.24, 2.45) is 11.1 Å². The number of nitriles is 1. The molecule has 6 heteroatoms. The standard InChI is InChI=1S/C27H28N4O2/c1-27(2,18-29)19-31(26(33)23-12-8-20(16-28)9-13-23)17-21-10-14-24(15-11-21)30-25(32)22-6-4-3-5-7-22/h3-15H,17-19,29H2,1-2H3,(H,30,32). The van der Waals surface area contributed by atoms with E-state index < -0.39 is 0 Å². The molecule has 33 heavy (non-hydrogen) atoms. The average Bonchev–Trinajstić information content (AvgIpc) is 2.85. The zero-order valence-electron chi connectivity index (χ0n) is 18.9. The smallest absolute Gasteiger partial charge is 0.255 e. The number of carbonyl (C=O) groups excluding carboxylic acids is 2. The van der Waals surface area contributed by atoms with Gasteiger partial charge in [0.2, 0.25) is 0 Å². The van der Waals surface area contributed by atoms with Gasteiger partial charge in [0, 0.05) is 29.9 Å². The molecule has 0 aliphatic carbocycles. The minimum atomic E-state index is -0.258. The molecule has 0 saturated heterocycles. The zero-order valence-corrected chi connectivity index (χ0v) is 18.9. The van der Waals surface area contributed by atoms with Gasteiger partial charge in [-0.15, -0.1) is 0 Å². The van der Waals surface area contributed by atoms with Gasteiger partial charge in [-0.3, -0.25) is 9.59 Å². The lowest BCUT2D eigenvalue weighted by Gasteiger charge is -2.32. The Morgan fingerprint density at radius 2 is 1.58 bits per heavy atom. The highest BCUT2D eigenvalue weighted by atomic mass is 16.2. The highest BCUT2D eigenvalue weighted by Gasteiger charge is 2.25. The summed E-state index contributed by atoms with van der Waals surface area (Å²) >= 11 is 0. The summed E-state index contributed by atoms with van der Waals surface area (Å²) in [7, 11) is 0. The van der Waals surface area contributed by atoms with Gasteiger partial charge < -0.3 is 16.0 Å². The fourth-order valence-corrected chi connectivity index (χ4v) is 3.36. The van der Waals surface area contributed by atoms with Crippen LogP contribution in [-0.2, 0) is 6.54 Å². The van der Waals surface area contributed by atoms with Crippen molar-refractivity contribution in [3.63, 3.8) is 0 Å². The first-order valence-corrected chi connectivity index (χ1v) is 10.8. The highest BCUT2D eigenvalue weighted by molar-refractivity contribution is 6.04. The van der Waals surface area contributed by atoms with E-state index in [0.717, 1.165) is 5.56 Å². The Morgan fingerprint density at radius 3 is 2.15 bits per heavy atom. The van der Waals surface area contributed by atoms with E-state index in [-0.39, 0.29) is 17.2 Å². The molecule has 3 N–H and O–H groups in total. The lowest BCUT2D eigenvalue weighted by molar-refractivity contribution is 0.0673. The van der Waals surface area contributed by atoms with Crippen LogP contribution in [0.15, 0.2) is 78.9 Å². The SMILES string of the molecule is CC(C)(CN)CN(Cc1ccc(NC(=O)c2ccccc2)cc1)C(=O)c1ccc(C#N)cc1. The van der Waals surface area contributed by atoms with Gasteiger partial charge in [0.1, 0.15) is 0 Å². The topological polar surface area (TPSA) is 99.2 Å². The molecule has 0 aliphatic heterocycles. The molecule has 0 unspecified atom stereocenters. The van der Waals surface area contributed by atoms with Gasteiger partial charge in [0.05, 0.1) is 11.6 Å². The molecule has 3 aromatic rings. The quantitative estimate of drug-likeness (QED) is 0.541. The fourth-order valence-electron chi connectivity index (χ4n) is 3.36. The van der Waals surface area contributed by atoms with Crippen LogP contribution in [0.1, 0.15) is 45.7 Å². The predicted octanol–water partition coefficient (Wildman–Crippen LogP) is 4.44. The van der Waals surface area contributed by atoms with E-state index in [2.05, 4.69) is 11.4 Å². The monoisotopic (exact) mass is 440 g/mol. The Morgan fingerprint density at radius 1 is 0.939 bits per heavy atom. The third kappa shape index (κ3) is 6.52. The van der Waals surface area contributed by atoms with Crippen molar-refractivity contribution in [1.29, 1.82) is 5.26 Å². The maximum atomic E-state index is 13.3. The number of benzene rings is 3. The summed E-state index contributed by atoms with van der Waals surface area (Å²) < 4.78 is 0. The van der Waals surface area contributed by atoms with Crippen LogP contribution in [-0.4, -0.2) is 29.8 Å². The molecule has 0 radical (unpaired) electrons. The molecule has 0 bridgehead atoms. The first-order chi connectivity index (χ1) is 15.8. The van der Waals surface area contributed by atoms with Crippen molar-refractivity contribution in [1.82, 2.24) is 4.90 Å². The maximum Gasteiger partial charge on any atom is 0.255 e. The Labute approximate surface area is 194 Å². The number of anilines is 1. The van der Waals surface area contributed by atoms with Gasteiger partial charge in [-0.05, 0) is 66.1 Å². The van der Waals surface area contributed by atoms with E-state index in [1.807, 2.05) is 56.3 Å². The summed E-state index contributed by atoms with van der Waals surface area (Å²) in [5, 5.41) is 11.9. The molecule has 0 fully saturated rings. The summed E-state index contributed by atoms with van der Waals surface area (Å²) in [6.07, 6.45) is 0. The highest BCUT2D eigenvalue weighted by Crippen LogP contribution is 2.21. The Hall–Kier alpha value is -3.95. The first-order valence-electron chi connectivity index (χ1n) is 10.8. The molecule has 0 atom stereocenters. The average molecular weight is 441 g/mol. The Bertz CT molecular complexity index is 1130. The lowest BCUT2D eigenvalue weighted by Crippen LogP contribution is -2.41. The van der Waals surface area contributed by atoms with E-state index in [1.54, 1.807) is 41.3 Å². The largest absolute Gasteiger partial charge is 0.334 e. The van der Waals surface area contributed by atoms with Crippen LogP contribution in [0.25, 0.3) is 0 Å². The number of amides is 2. The van der Waals surface area contributed by atoms with E-state index in [1.165, 1.54) is 0 Å². The molecule has 3 aromatic carbocycles. The molecule has 6 nitrogen and oxygen atoms in total. The molecule has 0 saturated carbocycles. The molecule has 0 aliphatic rings.